The summed E-state index contributed by atoms with van der Waals surface area (Å²) in [5.74, 6) is 0.780. The van der Waals surface area contributed by atoms with Gasteiger partial charge in [-0.1, -0.05) is 26.0 Å². The minimum atomic E-state index is 0.773. The highest BCUT2D eigenvalue weighted by Gasteiger charge is 2.36. The van der Waals surface area contributed by atoms with Gasteiger partial charge < -0.3 is 0 Å². The second kappa shape index (κ2) is 6.01. The fourth-order valence-electron chi connectivity index (χ4n) is 3.40. The van der Waals surface area contributed by atoms with Crippen molar-refractivity contribution >= 4 is 0 Å². The van der Waals surface area contributed by atoms with Gasteiger partial charge in [-0.05, 0) is 38.6 Å². The number of hydrogen-bond acceptors (Lipinski definition) is 2. The zero-order valence-corrected chi connectivity index (χ0v) is 11.7. The van der Waals surface area contributed by atoms with Gasteiger partial charge in [-0.15, -0.1) is 0 Å². The lowest BCUT2D eigenvalue weighted by molar-refractivity contribution is 0.0306. The maximum absolute atomic E-state index is 2.75. The van der Waals surface area contributed by atoms with Crippen LogP contribution in [0.25, 0.3) is 0 Å². The van der Waals surface area contributed by atoms with E-state index in [9.17, 15) is 0 Å². The molecule has 2 aliphatic heterocycles. The van der Waals surface area contributed by atoms with Gasteiger partial charge in [0.1, 0.15) is 0 Å². The van der Waals surface area contributed by atoms with E-state index in [4.69, 9.17) is 0 Å². The van der Waals surface area contributed by atoms with Crippen molar-refractivity contribution in [2.75, 3.05) is 26.2 Å². The monoisotopic (exact) mass is 236 g/mol. The lowest BCUT2D eigenvalue weighted by Gasteiger charge is -2.45. The van der Waals surface area contributed by atoms with Crippen molar-refractivity contribution in [1.29, 1.82) is 0 Å². The van der Waals surface area contributed by atoms with Crippen molar-refractivity contribution in [3.8, 4) is 0 Å². The van der Waals surface area contributed by atoms with Gasteiger partial charge >= 0.3 is 0 Å². The number of piperazine rings is 1. The summed E-state index contributed by atoms with van der Waals surface area (Å²) in [4.78, 5) is 5.48. The van der Waals surface area contributed by atoms with E-state index in [1.54, 1.807) is 0 Å². The third-order valence-corrected chi connectivity index (χ3v) is 4.42. The van der Waals surface area contributed by atoms with Crippen LogP contribution in [0.5, 0.6) is 0 Å². The van der Waals surface area contributed by atoms with Crippen LogP contribution in [-0.4, -0.2) is 48.1 Å². The van der Waals surface area contributed by atoms with Crippen LogP contribution in [0.1, 0.15) is 40.0 Å². The molecule has 2 rings (SSSR count). The molecule has 0 bridgehead atoms. The van der Waals surface area contributed by atoms with E-state index >= 15 is 0 Å². The summed E-state index contributed by atoms with van der Waals surface area (Å²) in [5, 5.41) is 0. The second-order valence-electron chi connectivity index (χ2n) is 5.95. The van der Waals surface area contributed by atoms with Crippen LogP contribution in [0.15, 0.2) is 12.2 Å². The SMILES string of the molecule is C/C=C/CCN1CC2CCCN2CC1C(C)C. The molecule has 2 saturated heterocycles. The molecule has 2 atom stereocenters. The molecule has 0 aliphatic carbocycles. The number of allylic oxidation sites excluding steroid dienone is 1. The van der Waals surface area contributed by atoms with Crippen molar-refractivity contribution in [1.82, 2.24) is 9.80 Å². The van der Waals surface area contributed by atoms with Gasteiger partial charge in [-0.2, -0.15) is 0 Å². The van der Waals surface area contributed by atoms with Gasteiger partial charge in [0.2, 0.25) is 0 Å². The Hall–Kier alpha value is -0.340. The van der Waals surface area contributed by atoms with Crippen LogP contribution in [0, 0.1) is 5.92 Å². The summed E-state index contributed by atoms with van der Waals surface area (Å²) >= 11 is 0. The Morgan fingerprint density at radius 1 is 1.29 bits per heavy atom. The molecular formula is C15H28N2. The first-order valence-electron chi connectivity index (χ1n) is 7.31. The van der Waals surface area contributed by atoms with E-state index in [2.05, 4.69) is 42.7 Å². The fourth-order valence-corrected chi connectivity index (χ4v) is 3.40. The molecule has 2 nitrogen and oxygen atoms in total. The Balaban J connectivity index is 1.95. The molecule has 0 radical (unpaired) electrons. The molecule has 98 valence electrons. The molecule has 0 saturated carbocycles. The van der Waals surface area contributed by atoms with Crippen molar-refractivity contribution in [3.05, 3.63) is 12.2 Å². The summed E-state index contributed by atoms with van der Waals surface area (Å²) in [5.41, 5.74) is 0. The average Bonchev–Trinajstić information content (AvgIpc) is 2.75. The topological polar surface area (TPSA) is 6.48 Å². The smallest absolute Gasteiger partial charge is 0.0247 e. The van der Waals surface area contributed by atoms with Crippen LogP contribution in [0.3, 0.4) is 0 Å². The highest BCUT2D eigenvalue weighted by Crippen LogP contribution is 2.27. The van der Waals surface area contributed by atoms with Gasteiger partial charge in [0.25, 0.3) is 0 Å². The van der Waals surface area contributed by atoms with Crippen molar-refractivity contribution in [2.45, 2.75) is 52.1 Å². The van der Waals surface area contributed by atoms with Crippen LogP contribution in [0.2, 0.25) is 0 Å². The molecular weight excluding hydrogens is 208 g/mol. The fraction of sp³-hybridized carbons (Fsp3) is 0.867. The number of nitrogens with zero attached hydrogens (tertiary/aromatic N) is 2. The average molecular weight is 236 g/mol. The van der Waals surface area contributed by atoms with E-state index in [0.29, 0.717) is 0 Å². The van der Waals surface area contributed by atoms with Crippen LogP contribution >= 0.6 is 0 Å². The van der Waals surface area contributed by atoms with Crippen LogP contribution < -0.4 is 0 Å². The summed E-state index contributed by atoms with van der Waals surface area (Å²) in [6.07, 6.45) is 8.53. The lowest BCUT2D eigenvalue weighted by atomic mass is 9.97. The minimum absolute atomic E-state index is 0.773. The predicted octanol–water partition coefficient (Wildman–Crippen LogP) is 2.76. The minimum Gasteiger partial charge on any atom is -0.298 e. The molecule has 0 N–H and O–H groups in total. The van der Waals surface area contributed by atoms with Gasteiger partial charge in [0.05, 0.1) is 0 Å². The molecule has 0 aromatic rings. The standard InChI is InChI=1S/C15H28N2/c1-4-5-6-9-17-11-14-8-7-10-16(14)12-15(17)13(2)3/h4-5,13-15H,6-12H2,1-3H3/b5-4+. The zero-order valence-electron chi connectivity index (χ0n) is 11.7. The number of fused-ring (bicyclic) bond motifs is 1. The second-order valence-corrected chi connectivity index (χ2v) is 5.95. The Labute approximate surface area is 107 Å². The van der Waals surface area contributed by atoms with Crippen molar-refractivity contribution < 1.29 is 0 Å². The highest BCUT2D eigenvalue weighted by molar-refractivity contribution is 4.94. The molecule has 2 aliphatic rings. The molecule has 2 fully saturated rings. The molecule has 17 heavy (non-hydrogen) atoms. The Morgan fingerprint density at radius 2 is 2.12 bits per heavy atom. The first-order valence-corrected chi connectivity index (χ1v) is 7.31. The lowest BCUT2D eigenvalue weighted by Crippen LogP contribution is -2.57. The van der Waals surface area contributed by atoms with E-state index < -0.39 is 0 Å². The third-order valence-electron chi connectivity index (χ3n) is 4.42. The predicted molar refractivity (Wildman–Crippen MR) is 74.2 cm³/mol. The molecule has 0 aromatic heterocycles. The maximum Gasteiger partial charge on any atom is 0.0247 e. The van der Waals surface area contributed by atoms with Gasteiger partial charge in [0, 0.05) is 31.7 Å². The van der Waals surface area contributed by atoms with Crippen molar-refractivity contribution in [2.24, 2.45) is 5.92 Å². The number of rotatable bonds is 4. The first-order chi connectivity index (χ1) is 8.22. The summed E-state index contributed by atoms with van der Waals surface area (Å²) < 4.78 is 0. The van der Waals surface area contributed by atoms with Crippen LogP contribution in [-0.2, 0) is 0 Å². The zero-order chi connectivity index (χ0) is 12.3. The molecule has 0 spiro atoms. The maximum atomic E-state index is 2.75. The summed E-state index contributed by atoms with van der Waals surface area (Å²) in [7, 11) is 0. The van der Waals surface area contributed by atoms with Gasteiger partial charge in [-0.3, -0.25) is 9.80 Å². The van der Waals surface area contributed by atoms with E-state index in [0.717, 1.165) is 18.0 Å². The van der Waals surface area contributed by atoms with E-state index in [1.165, 1.54) is 45.4 Å². The molecule has 0 amide bonds. The third kappa shape index (κ3) is 3.11. The molecule has 2 unspecified atom stereocenters. The Kier molecular flexibility index (Phi) is 4.63. The summed E-state index contributed by atoms with van der Waals surface area (Å²) in [6, 6.07) is 1.63. The molecule has 2 heterocycles. The Bertz CT molecular complexity index is 260. The van der Waals surface area contributed by atoms with Gasteiger partial charge in [-0.25, -0.2) is 0 Å². The number of hydrogen-bond donors (Lipinski definition) is 0. The highest BCUT2D eigenvalue weighted by atomic mass is 15.3. The molecule has 2 heteroatoms. The van der Waals surface area contributed by atoms with E-state index in [-0.39, 0.29) is 0 Å². The largest absolute Gasteiger partial charge is 0.298 e. The quantitative estimate of drug-likeness (QED) is 0.693. The molecule has 0 aromatic carbocycles. The Morgan fingerprint density at radius 3 is 2.82 bits per heavy atom. The first kappa shape index (κ1) is 13.1. The normalized spacial score (nSPS) is 31.5. The van der Waals surface area contributed by atoms with E-state index in [1.807, 2.05) is 0 Å². The van der Waals surface area contributed by atoms with Gasteiger partial charge in [0.15, 0.2) is 0 Å². The van der Waals surface area contributed by atoms with Crippen molar-refractivity contribution in [3.63, 3.8) is 0 Å². The van der Waals surface area contributed by atoms with Crippen LogP contribution in [0.4, 0.5) is 0 Å². The summed E-state index contributed by atoms with van der Waals surface area (Å²) in [6.45, 7) is 12.1.